The van der Waals surface area contributed by atoms with E-state index in [9.17, 15) is 18.0 Å². The number of amides is 1. The number of carbonyl (C=O) groups excluding carboxylic acids is 1. The standard InChI is InChI=1S/C12H10F3NO2/c13-12(14,15)9-3-1-8(2-4-9)6-16-7-10(17)5-11(16)18/h1-4,7,17H,5-6H2. The Bertz CT molecular complexity index is 491. The summed E-state index contributed by atoms with van der Waals surface area (Å²) in [5.74, 6) is -0.306. The van der Waals surface area contributed by atoms with Gasteiger partial charge in [-0.3, -0.25) is 4.79 Å². The number of hydrogen-bond donors (Lipinski definition) is 1. The van der Waals surface area contributed by atoms with E-state index in [0.717, 1.165) is 12.1 Å². The van der Waals surface area contributed by atoms with E-state index < -0.39 is 11.7 Å². The molecule has 1 aliphatic rings. The summed E-state index contributed by atoms with van der Waals surface area (Å²) in [4.78, 5) is 12.6. The third-order valence-corrected chi connectivity index (χ3v) is 2.59. The zero-order valence-electron chi connectivity index (χ0n) is 9.24. The van der Waals surface area contributed by atoms with Gasteiger partial charge in [0, 0.05) is 6.20 Å². The highest BCUT2D eigenvalue weighted by Crippen LogP contribution is 2.29. The summed E-state index contributed by atoms with van der Waals surface area (Å²) >= 11 is 0. The molecule has 2 rings (SSSR count). The number of hydrogen-bond acceptors (Lipinski definition) is 2. The molecule has 0 saturated heterocycles. The van der Waals surface area contributed by atoms with E-state index in [0.29, 0.717) is 5.56 Å². The van der Waals surface area contributed by atoms with Crippen molar-refractivity contribution >= 4 is 5.91 Å². The highest BCUT2D eigenvalue weighted by molar-refractivity contribution is 5.82. The van der Waals surface area contributed by atoms with Crippen LogP contribution >= 0.6 is 0 Å². The van der Waals surface area contributed by atoms with Crippen LogP contribution in [0.5, 0.6) is 0 Å². The summed E-state index contributed by atoms with van der Waals surface area (Å²) in [5, 5.41) is 9.15. The molecule has 0 saturated carbocycles. The van der Waals surface area contributed by atoms with Crippen LogP contribution in [0.1, 0.15) is 17.5 Å². The monoisotopic (exact) mass is 257 g/mol. The Morgan fingerprint density at radius 2 is 1.83 bits per heavy atom. The molecule has 1 heterocycles. The number of rotatable bonds is 2. The highest BCUT2D eigenvalue weighted by atomic mass is 19.4. The Kier molecular flexibility index (Phi) is 3.02. The molecule has 0 aromatic heterocycles. The maximum Gasteiger partial charge on any atom is 0.416 e. The fourth-order valence-corrected chi connectivity index (χ4v) is 1.68. The maximum absolute atomic E-state index is 12.3. The number of aliphatic hydroxyl groups is 1. The first-order valence-corrected chi connectivity index (χ1v) is 5.21. The van der Waals surface area contributed by atoms with Gasteiger partial charge in [-0.25, -0.2) is 0 Å². The van der Waals surface area contributed by atoms with Crippen LogP contribution in [-0.2, 0) is 17.5 Å². The number of carbonyl (C=O) groups is 1. The summed E-state index contributed by atoms with van der Waals surface area (Å²) in [7, 11) is 0. The predicted molar refractivity (Wildman–Crippen MR) is 57.3 cm³/mol. The van der Waals surface area contributed by atoms with Gasteiger partial charge in [-0.2, -0.15) is 13.2 Å². The number of aliphatic hydroxyl groups excluding tert-OH is 1. The molecule has 1 aromatic rings. The average Bonchev–Trinajstić information content (AvgIpc) is 2.57. The van der Waals surface area contributed by atoms with Gasteiger partial charge >= 0.3 is 6.18 Å². The lowest BCUT2D eigenvalue weighted by Gasteiger charge is -2.13. The summed E-state index contributed by atoms with van der Waals surface area (Å²) in [6, 6.07) is 4.58. The summed E-state index contributed by atoms with van der Waals surface area (Å²) < 4.78 is 37.0. The van der Waals surface area contributed by atoms with Crippen LogP contribution in [0.2, 0.25) is 0 Å². The zero-order valence-corrected chi connectivity index (χ0v) is 9.24. The molecule has 1 aliphatic heterocycles. The molecule has 3 nitrogen and oxygen atoms in total. The van der Waals surface area contributed by atoms with E-state index in [1.165, 1.54) is 23.2 Å². The minimum atomic E-state index is -4.36. The third-order valence-electron chi connectivity index (χ3n) is 2.59. The van der Waals surface area contributed by atoms with E-state index in [1.807, 2.05) is 0 Å². The van der Waals surface area contributed by atoms with Crippen LogP contribution in [0.15, 0.2) is 36.2 Å². The molecule has 0 unspecified atom stereocenters. The van der Waals surface area contributed by atoms with Gasteiger partial charge in [0.1, 0.15) is 5.76 Å². The molecule has 0 radical (unpaired) electrons. The van der Waals surface area contributed by atoms with E-state index in [-0.39, 0.29) is 24.6 Å². The maximum atomic E-state index is 12.3. The van der Waals surface area contributed by atoms with Crippen molar-refractivity contribution < 1.29 is 23.1 Å². The van der Waals surface area contributed by atoms with Crippen LogP contribution in [0.25, 0.3) is 0 Å². The second kappa shape index (κ2) is 4.36. The van der Waals surface area contributed by atoms with Crippen molar-refractivity contribution in [2.75, 3.05) is 0 Å². The van der Waals surface area contributed by atoms with E-state index in [1.54, 1.807) is 0 Å². The van der Waals surface area contributed by atoms with Gasteiger partial charge in [0.15, 0.2) is 0 Å². The molecule has 0 fully saturated rings. The molecule has 1 aromatic carbocycles. The molecule has 18 heavy (non-hydrogen) atoms. The number of halogens is 3. The lowest BCUT2D eigenvalue weighted by atomic mass is 10.1. The van der Waals surface area contributed by atoms with Gasteiger partial charge in [-0.1, -0.05) is 12.1 Å². The Hall–Kier alpha value is -1.98. The molecular formula is C12H10F3NO2. The largest absolute Gasteiger partial charge is 0.510 e. The molecule has 0 spiro atoms. The Morgan fingerprint density at radius 1 is 1.22 bits per heavy atom. The van der Waals surface area contributed by atoms with Gasteiger partial charge in [0.25, 0.3) is 0 Å². The molecule has 1 amide bonds. The molecule has 0 aliphatic carbocycles. The fraction of sp³-hybridized carbons (Fsp3) is 0.250. The smallest absolute Gasteiger partial charge is 0.416 e. The fourth-order valence-electron chi connectivity index (χ4n) is 1.68. The van der Waals surface area contributed by atoms with Crippen molar-refractivity contribution in [1.29, 1.82) is 0 Å². The highest BCUT2D eigenvalue weighted by Gasteiger charge is 2.30. The Labute approximate surface area is 101 Å². The van der Waals surface area contributed by atoms with Crippen molar-refractivity contribution in [3.05, 3.63) is 47.4 Å². The summed E-state index contributed by atoms with van der Waals surface area (Å²) in [6.45, 7) is 0.154. The molecule has 0 bridgehead atoms. The van der Waals surface area contributed by atoms with Gasteiger partial charge in [-0.05, 0) is 17.7 Å². The molecule has 96 valence electrons. The van der Waals surface area contributed by atoms with Crippen molar-refractivity contribution in [1.82, 2.24) is 4.90 Å². The van der Waals surface area contributed by atoms with Crippen molar-refractivity contribution in [3.8, 4) is 0 Å². The van der Waals surface area contributed by atoms with Crippen LogP contribution in [0, 0.1) is 0 Å². The Morgan fingerprint density at radius 3 is 2.28 bits per heavy atom. The summed E-state index contributed by atoms with van der Waals surface area (Å²) in [6.07, 6.45) is -3.12. The molecular weight excluding hydrogens is 247 g/mol. The molecule has 6 heteroatoms. The third kappa shape index (κ3) is 2.64. The average molecular weight is 257 g/mol. The van der Waals surface area contributed by atoms with E-state index in [2.05, 4.69) is 0 Å². The predicted octanol–water partition coefficient (Wildman–Crippen LogP) is 2.84. The van der Waals surface area contributed by atoms with Crippen LogP contribution in [-0.4, -0.2) is 15.9 Å². The number of alkyl halides is 3. The van der Waals surface area contributed by atoms with Crippen LogP contribution < -0.4 is 0 Å². The second-order valence-corrected chi connectivity index (χ2v) is 4.01. The lowest BCUT2D eigenvalue weighted by molar-refractivity contribution is -0.137. The minimum absolute atomic E-state index is 0.0353. The molecule has 1 N–H and O–H groups in total. The van der Waals surface area contributed by atoms with Crippen molar-refractivity contribution in [3.63, 3.8) is 0 Å². The topological polar surface area (TPSA) is 40.5 Å². The summed E-state index contributed by atoms with van der Waals surface area (Å²) in [5.41, 5.74) is -0.153. The number of benzene rings is 1. The van der Waals surface area contributed by atoms with E-state index in [4.69, 9.17) is 5.11 Å². The Balaban J connectivity index is 2.10. The molecule has 0 atom stereocenters. The van der Waals surface area contributed by atoms with Crippen LogP contribution in [0.3, 0.4) is 0 Å². The second-order valence-electron chi connectivity index (χ2n) is 4.01. The van der Waals surface area contributed by atoms with Gasteiger partial charge in [-0.15, -0.1) is 0 Å². The van der Waals surface area contributed by atoms with Gasteiger partial charge in [0.05, 0.1) is 18.5 Å². The first kappa shape index (κ1) is 12.5. The van der Waals surface area contributed by atoms with Crippen molar-refractivity contribution in [2.45, 2.75) is 19.1 Å². The minimum Gasteiger partial charge on any atom is -0.510 e. The first-order chi connectivity index (χ1) is 8.36. The SMILES string of the molecule is O=C1CC(O)=CN1Cc1ccc(C(F)(F)F)cc1. The van der Waals surface area contributed by atoms with Gasteiger partial charge in [0.2, 0.25) is 5.91 Å². The first-order valence-electron chi connectivity index (χ1n) is 5.21. The van der Waals surface area contributed by atoms with Crippen molar-refractivity contribution in [2.24, 2.45) is 0 Å². The lowest BCUT2D eigenvalue weighted by Crippen LogP contribution is -2.20. The van der Waals surface area contributed by atoms with Gasteiger partial charge < -0.3 is 10.0 Å². The number of nitrogens with zero attached hydrogens (tertiary/aromatic N) is 1. The van der Waals surface area contributed by atoms with E-state index >= 15 is 0 Å². The quantitative estimate of drug-likeness (QED) is 0.885. The van der Waals surface area contributed by atoms with Crippen LogP contribution in [0.4, 0.5) is 13.2 Å². The zero-order chi connectivity index (χ0) is 13.3. The normalized spacial score (nSPS) is 16.1.